The molecule has 1 aromatic carbocycles. The second-order valence-corrected chi connectivity index (χ2v) is 3.74. The number of aliphatic imine (C=N–C) groups is 1. The number of amidine groups is 1. The molecule has 0 unspecified atom stereocenters. The zero-order valence-electron chi connectivity index (χ0n) is 9.07. The number of carboxylic acids is 1. The van der Waals surface area contributed by atoms with Crippen LogP contribution in [0, 0.1) is 23.1 Å². The van der Waals surface area contributed by atoms with Crippen molar-refractivity contribution >= 4 is 28.6 Å². The molecule has 18 heavy (non-hydrogen) atoms. The first kappa shape index (κ1) is 13.9. The molecule has 8 heteroatoms. The van der Waals surface area contributed by atoms with Crippen LogP contribution in [0.1, 0.15) is 10.4 Å². The summed E-state index contributed by atoms with van der Waals surface area (Å²) < 4.78 is 26.5. The number of halogens is 2. The van der Waals surface area contributed by atoms with Crippen LogP contribution in [0.25, 0.3) is 0 Å². The van der Waals surface area contributed by atoms with Crippen molar-refractivity contribution in [3.8, 4) is 6.19 Å². The minimum Gasteiger partial charge on any atom is -0.478 e. The van der Waals surface area contributed by atoms with E-state index >= 15 is 0 Å². The first-order valence-corrected chi connectivity index (χ1v) is 5.72. The molecule has 1 rings (SSSR count). The van der Waals surface area contributed by atoms with Gasteiger partial charge in [-0.05, 0) is 12.3 Å². The molecule has 0 fully saturated rings. The van der Waals surface area contributed by atoms with E-state index < -0.39 is 23.2 Å². The fourth-order valence-corrected chi connectivity index (χ4v) is 1.41. The zero-order valence-corrected chi connectivity index (χ0v) is 9.89. The Hall–Kier alpha value is -2.14. The van der Waals surface area contributed by atoms with E-state index in [0.29, 0.717) is 6.07 Å². The summed E-state index contributed by atoms with van der Waals surface area (Å²) in [4.78, 5) is 14.4. The van der Waals surface area contributed by atoms with Crippen molar-refractivity contribution in [2.45, 2.75) is 0 Å². The number of nitrogens with one attached hydrogen (secondary N) is 1. The van der Waals surface area contributed by atoms with Crippen LogP contribution in [0.2, 0.25) is 0 Å². The monoisotopic (exact) mass is 271 g/mol. The smallest absolute Gasteiger partial charge is 0.338 e. The predicted octanol–water partition coefficient (Wildman–Crippen LogP) is 2.08. The molecule has 0 aliphatic rings. The van der Waals surface area contributed by atoms with E-state index in [1.54, 1.807) is 12.4 Å². The first-order chi connectivity index (χ1) is 8.49. The van der Waals surface area contributed by atoms with Crippen LogP contribution in [0.3, 0.4) is 0 Å². The summed E-state index contributed by atoms with van der Waals surface area (Å²) >= 11 is 1.03. The van der Waals surface area contributed by atoms with Crippen LogP contribution < -0.4 is 5.32 Å². The lowest BCUT2D eigenvalue weighted by atomic mass is 10.2. The minimum absolute atomic E-state index is 0.0688. The minimum atomic E-state index is -1.53. The number of carboxylic acid groups (broad SMARTS) is 1. The highest BCUT2D eigenvalue weighted by Crippen LogP contribution is 2.23. The largest absolute Gasteiger partial charge is 0.478 e. The maximum absolute atomic E-state index is 13.4. The van der Waals surface area contributed by atoms with Gasteiger partial charge in [-0.25, -0.2) is 18.6 Å². The second-order valence-electron chi connectivity index (χ2n) is 2.95. The van der Waals surface area contributed by atoms with E-state index in [1.165, 1.54) is 0 Å². The molecule has 94 valence electrons. The number of thioether (sulfide) groups is 1. The van der Waals surface area contributed by atoms with Crippen molar-refractivity contribution in [3.63, 3.8) is 0 Å². The molecule has 0 amide bonds. The van der Waals surface area contributed by atoms with E-state index in [9.17, 15) is 13.6 Å². The molecule has 1 aromatic rings. The Morgan fingerprint density at radius 1 is 1.50 bits per heavy atom. The van der Waals surface area contributed by atoms with Gasteiger partial charge in [0.15, 0.2) is 17.2 Å². The van der Waals surface area contributed by atoms with Crippen LogP contribution in [0.4, 0.5) is 14.5 Å². The van der Waals surface area contributed by atoms with E-state index in [1.807, 2.05) is 0 Å². The summed E-state index contributed by atoms with van der Waals surface area (Å²) in [6, 6.07) is 1.20. The summed E-state index contributed by atoms with van der Waals surface area (Å²) in [5, 5.41) is 19.3. The maximum atomic E-state index is 13.4. The lowest BCUT2D eigenvalue weighted by molar-refractivity contribution is 0.0692. The molecule has 0 bridgehead atoms. The Labute approximate surface area is 105 Å². The molecule has 0 aromatic heterocycles. The third kappa shape index (κ3) is 3.18. The number of nitrogens with zero attached hydrogens (tertiary/aromatic N) is 2. The van der Waals surface area contributed by atoms with E-state index in [0.717, 1.165) is 17.8 Å². The van der Waals surface area contributed by atoms with Crippen molar-refractivity contribution in [2.75, 3.05) is 6.26 Å². The van der Waals surface area contributed by atoms with Crippen LogP contribution >= 0.6 is 11.8 Å². The predicted molar refractivity (Wildman–Crippen MR) is 62.7 cm³/mol. The SMILES string of the molecule is CSC(=Nc1cc(C(=O)O)c(F)cc1F)NC#N. The normalized spacial score (nSPS) is 10.9. The third-order valence-electron chi connectivity index (χ3n) is 1.85. The molecule has 0 saturated carbocycles. The zero-order chi connectivity index (χ0) is 13.7. The number of hydrogen-bond donors (Lipinski definition) is 2. The molecule has 0 radical (unpaired) electrons. The standard InChI is InChI=1S/C10H7F2N3O2S/c1-18-10(14-4-13)15-8-2-5(9(16)17)6(11)3-7(8)12/h2-3H,1H3,(H,14,15)(H,16,17). The second kappa shape index (κ2) is 5.97. The number of hydrogen-bond acceptors (Lipinski definition) is 4. The van der Waals surface area contributed by atoms with Gasteiger partial charge in [-0.15, -0.1) is 0 Å². The van der Waals surface area contributed by atoms with Gasteiger partial charge in [0, 0.05) is 6.07 Å². The van der Waals surface area contributed by atoms with E-state index in [4.69, 9.17) is 10.4 Å². The van der Waals surface area contributed by atoms with Gasteiger partial charge < -0.3 is 5.11 Å². The average molecular weight is 271 g/mol. The topological polar surface area (TPSA) is 85.5 Å². The van der Waals surface area contributed by atoms with E-state index in [-0.39, 0.29) is 10.9 Å². The number of carbonyl (C=O) groups is 1. The van der Waals surface area contributed by atoms with Gasteiger partial charge in [0.05, 0.1) is 5.56 Å². The van der Waals surface area contributed by atoms with Gasteiger partial charge in [-0.2, -0.15) is 5.26 Å². The van der Waals surface area contributed by atoms with Crippen molar-refractivity contribution in [1.82, 2.24) is 5.32 Å². The summed E-state index contributed by atoms with van der Waals surface area (Å²) in [5.74, 6) is -3.72. The summed E-state index contributed by atoms with van der Waals surface area (Å²) in [7, 11) is 0. The van der Waals surface area contributed by atoms with Crippen molar-refractivity contribution < 1.29 is 18.7 Å². The van der Waals surface area contributed by atoms with Gasteiger partial charge >= 0.3 is 5.97 Å². The van der Waals surface area contributed by atoms with Crippen LogP contribution in [-0.4, -0.2) is 22.5 Å². The molecule has 0 saturated heterocycles. The molecule has 0 heterocycles. The number of aromatic carboxylic acids is 1. The highest BCUT2D eigenvalue weighted by atomic mass is 32.2. The lowest BCUT2D eigenvalue weighted by Gasteiger charge is -2.03. The summed E-state index contributed by atoms with van der Waals surface area (Å²) in [6.07, 6.45) is 3.18. The Bertz CT molecular complexity index is 555. The van der Waals surface area contributed by atoms with Gasteiger partial charge in [-0.1, -0.05) is 11.8 Å². The average Bonchev–Trinajstić information content (AvgIpc) is 2.31. The number of benzene rings is 1. The Kier molecular flexibility index (Phi) is 4.62. The third-order valence-corrected chi connectivity index (χ3v) is 2.43. The summed E-state index contributed by atoms with van der Waals surface area (Å²) in [6.45, 7) is 0. The lowest BCUT2D eigenvalue weighted by Crippen LogP contribution is -2.12. The van der Waals surface area contributed by atoms with Gasteiger partial charge in [-0.3, -0.25) is 5.32 Å². The molecule has 0 atom stereocenters. The molecule has 2 N–H and O–H groups in total. The molecule has 0 aliphatic carbocycles. The van der Waals surface area contributed by atoms with Gasteiger partial charge in [0.1, 0.15) is 11.5 Å². The molecule has 0 aliphatic heterocycles. The fraction of sp³-hybridized carbons (Fsp3) is 0.100. The van der Waals surface area contributed by atoms with Crippen LogP contribution in [0.5, 0.6) is 0 Å². The van der Waals surface area contributed by atoms with Crippen LogP contribution in [0.15, 0.2) is 17.1 Å². The molecule has 0 spiro atoms. The highest BCUT2D eigenvalue weighted by Gasteiger charge is 2.15. The molecular weight excluding hydrogens is 264 g/mol. The van der Waals surface area contributed by atoms with Gasteiger partial charge in [0.2, 0.25) is 0 Å². The van der Waals surface area contributed by atoms with Gasteiger partial charge in [0.25, 0.3) is 0 Å². The molecule has 5 nitrogen and oxygen atoms in total. The quantitative estimate of drug-likeness (QED) is 0.372. The van der Waals surface area contributed by atoms with Crippen molar-refractivity contribution in [3.05, 3.63) is 29.3 Å². The van der Waals surface area contributed by atoms with Crippen molar-refractivity contribution in [2.24, 2.45) is 4.99 Å². The van der Waals surface area contributed by atoms with Crippen LogP contribution in [-0.2, 0) is 0 Å². The number of nitriles is 1. The Morgan fingerprint density at radius 2 is 2.17 bits per heavy atom. The Balaban J connectivity index is 3.29. The first-order valence-electron chi connectivity index (χ1n) is 4.49. The number of rotatable bonds is 2. The highest BCUT2D eigenvalue weighted by molar-refractivity contribution is 8.13. The van der Waals surface area contributed by atoms with Crippen molar-refractivity contribution in [1.29, 1.82) is 5.26 Å². The Morgan fingerprint density at radius 3 is 2.67 bits per heavy atom. The van der Waals surface area contributed by atoms with E-state index in [2.05, 4.69) is 10.3 Å². The molecular formula is C10H7F2N3O2S. The fourth-order valence-electron chi connectivity index (χ4n) is 1.07. The maximum Gasteiger partial charge on any atom is 0.338 e. The summed E-state index contributed by atoms with van der Waals surface area (Å²) in [5.41, 5.74) is -1.05.